The summed E-state index contributed by atoms with van der Waals surface area (Å²) in [4.78, 5) is 62.9. The van der Waals surface area contributed by atoms with Gasteiger partial charge in [-0.15, -0.1) is 0 Å². The molecule has 14 nitrogen and oxygen atoms in total. The first-order chi connectivity index (χ1) is 18.9. The summed E-state index contributed by atoms with van der Waals surface area (Å²) >= 11 is 0. The molecule has 0 aliphatic rings. The molecule has 222 valence electrons. The number of nitrogens with zero attached hydrogens (tertiary/aromatic N) is 4. The zero-order valence-corrected chi connectivity index (χ0v) is 24.4. The molecule has 0 atom stereocenters. The van der Waals surface area contributed by atoms with E-state index in [1.165, 1.54) is 12.1 Å². The van der Waals surface area contributed by atoms with E-state index in [4.69, 9.17) is 0 Å². The molecule has 0 saturated carbocycles. The lowest BCUT2D eigenvalue weighted by Crippen LogP contribution is -2.48. The van der Waals surface area contributed by atoms with Gasteiger partial charge in [0.05, 0.1) is 26.7 Å². The molecule has 2 aromatic heterocycles. The largest absolute Gasteiger partial charge is 0.338 e. The van der Waals surface area contributed by atoms with Crippen LogP contribution < -0.4 is 32.4 Å². The van der Waals surface area contributed by atoms with Gasteiger partial charge in [0, 0.05) is 49.5 Å². The summed E-state index contributed by atoms with van der Waals surface area (Å²) in [7, 11) is 6.35. The number of aryl methyl sites for hydroxylation is 2. The Kier molecular flexibility index (Phi) is 13.3. The molecule has 0 spiro atoms. The van der Waals surface area contributed by atoms with Gasteiger partial charge in [-0.3, -0.25) is 20.2 Å². The lowest BCUT2D eigenvalue weighted by molar-refractivity contribution is -0.910. The predicted octanol–water partition coefficient (Wildman–Crippen LogP) is 1.37. The van der Waals surface area contributed by atoms with Crippen molar-refractivity contribution in [3.8, 4) is 0 Å². The zero-order valence-electron chi connectivity index (χ0n) is 24.4. The molecule has 2 aromatic rings. The molecule has 6 N–H and O–H groups in total. The van der Waals surface area contributed by atoms with Crippen LogP contribution in [-0.2, 0) is 0 Å². The van der Waals surface area contributed by atoms with Crippen molar-refractivity contribution in [2.75, 3.05) is 71.0 Å². The highest BCUT2D eigenvalue weighted by atomic mass is 16.2. The minimum Gasteiger partial charge on any atom is -0.338 e. The van der Waals surface area contributed by atoms with E-state index in [-0.39, 0.29) is 11.9 Å². The topological polar surface area (TPSA) is 177 Å². The van der Waals surface area contributed by atoms with Crippen molar-refractivity contribution in [2.45, 2.75) is 46.0 Å². The van der Waals surface area contributed by atoms with Gasteiger partial charge < -0.3 is 30.0 Å². The molecule has 0 fully saturated rings. The Labute approximate surface area is 235 Å². The van der Waals surface area contributed by atoms with Crippen LogP contribution in [0.2, 0.25) is 0 Å². The van der Waals surface area contributed by atoms with Crippen molar-refractivity contribution in [1.29, 1.82) is 0 Å². The maximum absolute atomic E-state index is 12.2. The van der Waals surface area contributed by atoms with Crippen LogP contribution in [0.25, 0.3) is 0 Å². The van der Waals surface area contributed by atoms with Gasteiger partial charge in [-0.2, -0.15) is 9.97 Å². The van der Waals surface area contributed by atoms with Gasteiger partial charge in [0.25, 0.3) is 11.1 Å². The Hall–Kier alpha value is -3.78. The van der Waals surface area contributed by atoms with Gasteiger partial charge in [0.15, 0.2) is 0 Å². The fourth-order valence-corrected chi connectivity index (χ4v) is 4.34. The molecule has 2 rings (SSSR count). The van der Waals surface area contributed by atoms with E-state index in [1.807, 2.05) is 0 Å². The first-order valence-electron chi connectivity index (χ1n) is 13.7. The molecule has 0 radical (unpaired) electrons. The van der Waals surface area contributed by atoms with Gasteiger partial charge in [0.2, 0.25) is 11.9 Å². The number of H-pyrrole nitrogens is 2. The van der Waals surface area contributed by atoms with E-state index in [2.05, 4.69) is 67.2 Å². The fourth-order valence-electron chi connectivity index (χ4n) is 4.34. The number of hydrogen-bond donors (Lipinski definition) is 6. The zero-order chi connectivity index (χ0) is 29.5. The summed E-state index contributed by atoms with van der Waals surface area (Å²) in [5.74, 6) is 0.226. The average molecular weight is 562 g/mol. The van der Waals surface area contributed by atoms with Crippen LogP contribution in [0, 0.1) is 13.8 Å². The first-order valence-corrected chi connectivity index (χ1v) is 13.7. The van der Waals surface area contributed by atoms with Crippen LogP contribution in [0.15, 0.2) is 21.7 Å². The van der Waals surface area contributed by atoms with Crippen LogP contribution in [0.5, 0.6) is 0 Å². The molecule has 14 heteroatoms. The SMILES string of the molecule is Cc1cc(=O)nc(NC(=O)NCCC[N+](C)(CCCCCN(C)C)CCCNC(=O)Nc2nc(=O)cc(C)[nH]2)[nH]1. The molecule has 0 aromatic carbocycles. The van der Waals surface area contributed by atoms with Crippen LogP contribution in [0.1, 0.15) is 43.5 Å². The number of nitrogens with one attached hydrogen (secondary N) is 6. The van der Waals surface area contributed by atoms with Crippen molar-refractivity contribution >= 4 is 24.0 Å². The number of urea groups is 2. The number of hydrogen-bond acceptors (Lipinski definition) is 7. The monoisotopic (exact) mass is 561 g/mol. The summed E-state index contributed by atoms with van der Waals surface area (Å²) in [6.45, 7) is 8.14. The maximum Gasteiger partial charge on any atom is 0.321 e. The molecule has 0 aliphatic heterocycles. The molecule has 0 unspecified atom stereocenters. The fraction of sp³-hybridized carbons (Fsp3) is 0.615. The lowest BCUT2D eigenvalue weighted by Gasteiger charge is -2.35. The first kappa shape index (κ1) is 32.4. The Morgan fingerprint density at radius 3 is 1.65 bits per heavy atom. The minimum atomic E-state index is -0.425. The summed E-state index contributed by atoms with van der Waals surface area (Å²) in [6.07, 6.45) is 4.89. The summed E-state index contributed by atoms with van der Waals surface area (Å²) in [5, 5.41) is 10.8. The number of carbonyl (C=O) groups excluding carboxylic acids is 2. The molecule has 4 amide bonds. The molecule has 0 aliphatic carbocycles. The normalized spacial score (nSPS) is 11.3. The van der Waals surface area contributed by atoms with Crippen molar-refractivity contribution in [1.82, 2.24) is 35.5 Å². The van der Waals surface area contributed by atoms with Crippen LogP contribution in [0.3, 0.4) is 0 Å². The Morgan fingerprint density at radius 1 is 0.775 bits per heavy atom. The second-order valence-corrected chi connectivity index (χ2v) is 10.6. The highest BCUT2D eigenvalue weighted by molar-refractivity contribution is 5.87. The molecule has 40 heavy (non-hydrogen) atoms. The molecular weight excluding hydrogens is 516 g/mol. The number of quaternary nitrogens is 1. The van der Waals surface area contributed by atoms with Crippen LogP contribution in [-0.4, -0.2) is 102 Å². The number of carbonyl (C=O) groups is 2. The Morgan fingerprint density at radius 2 is 1.23 bits per heavy atom. The quantitative estimate of drug-likeness (QED) is 0.132. The third-order valence-corrected chi connectivity index (χ3v) is 6.34. The van der Waals surface area contributed by atoms with E-state index >= 15 is 0 Å². The van der Waals surface area contributed by atoms with Crippen LogP contribution >= 0.6 is 0 Å². The number of rotatable bonds is 16. The second-order valence-electron chi connectivity index (χ2n) is 10.6. The summed E-state index contributed by atoms with van der Waals surface area (Å²) < 4.78 is 0.814. The summed E-state index contributed by atoms with van der Waals surface area (Å²) in [5.41, 5.74) is 0.392. The maximum atomic E-state index is 12.2. The van der Waals surface area contributed by atoms with Crippen LogP contribution in [0.4, 0.5) is 21.5 Å². The average Bonchev–Trinajstić information content (AvgIpc) is 2.83. The highest BCUT2D eigenvalue weighted by Gasteiger charge is 2.21. The number of unbranched alkanes of at least 4 members (excludes halogenated alkanes) is 2. The third-order valence-electron chi connectivity index (χ3n) is 6.34. The second kappa shape index (κ2) is 16.4. The predicted molar refractivity (Wildman–Crippen MR) is 156 cm³/mol. The minimum absolute atomic E-state index is 0.113. The molecular formula is C26H45N10O4+. The van der Waals surface area contributed by atoms with E-state index in [0.717, 1.165) is 62.8 Å². The number of aromatic amines is 2. The van der Waals surface area contributed by atoms with E-state index in [9.17, 15) is 19.2 Å². The number of amides is 4. The van der Waals surface area contributed by atoms with Gasteiger partial charge in [-0.1, -0.05) is 0 Å². The number of aromatic nitrogens is 4. The van der Waals surface area contributed by atoms with E-state index in [1.54, 1.807) is 13.8 Å². The third kappa shape index (κ3) is 13.3. The van der Waals surface area contributed by atoms with Crippen molar-refractivity contribution in [3.05, 3.63) is 44.2 Å². The van der Waals surface area contributed by atoms with Gasteiger partial charge in [-0.05, 0) is 53.8 Å². The number of anilines is 2. The molecule has 0 bridgehead atoms. The molecule has 2 heterocycles. The Bertz CT molecular complexity index is 1130. The summed E-state index contributed by atoms with van der Waals surface area (Å²) in [6, 6.07) is 1.86. The van der Waals surface area contributed by atoms with Crippen molar-refractivity contribution in [3.63, 3.8) is 0 Å². The highest BCUT2D eigenvalue weighted by Crippen LogP contribution is 2.10. The lowest BCUT2D eigenvalue weighted by atomic mass is 10.2. The van der Waals surface area contributed by atoms with Crippen molar-refractivity contribution in [2.24, 2.45) is 0 Å². The van der Waals surface area contributed by atoms with Gasteiger partial charge >= 0.3 is 12.1 Å². The smallest absolute Gasteiger partial charge is 0.321 e. The van der Waals surface area contributed by atoms with Gasteiger partial charge in [0.1, 0.15) is 0 Å². The molecule has 0 saturated heterocycles. The van der Waals surface area contributed by atoms with E-state index < -0.39 is 23.2 Å². The van der Waals surface area contributed by atoms with Gasteiger partial charge in [-0.25, -0.2) is 9.59 Å². The van der Waals surface area contributed by atoms with E-state index in [0.29, 0.717) is 24.5 Å². The Balaban J connectivity index is 1.80. The standard InChI is InChI=1S/C26H44N10O4/c1-19-17-21(37)31-23(29-19)33-25(39)27-11-9-15-36(5,14-8-6-7-13-35(3)4)16-10-12-28-26(40)34-24-30-20(2)18-22(38)32-24/h17-18H,6-16H2,1-5H3,(H5-,27,28,29,30,31,32,33,34,37,38,39,40)/p+1. The van der Waals surface area contributed by atoms with Crippen molar-refractivity contribution < 1.29 is 14.1 Å².